The third kappa shape index (κ3) is 3.54. The lowest BCUT2D eigenvalue weighted by Crippen LogP contribution is -2.15. The van der Waals surface area contributed by atoms with Crippen LogP contribution in [0.2, 0.25) is 0 Å². The number of aromatic nitrogens is 1. The molecule has 26 heavy (non-hydrogen) atoms. The van der Waals surface area contributed by atoms with Gasteiger partial charge >= 0.3 is 11.9 Å². The normalized spacial score (nSPS) is 13.3. The lowest BCUT2D eigenvalue weighted by molar-refractivity contribution is 0.0474. The number of nitrogens with zero attached hydrogens (tertiary/aromatic N) is 1. The topological polar surface area (TPSA) is 74.6 Å². The molecule has 3 rings (SSSR count). The Balaban J connectivity index is 1.63. The summed E-state index contributed by atoms with van der Waals surface area (Å²) < 4.78 is 11.9. The number of benzene rings is 1. The highest BCUT2D eigenvalue weighted by Crippen LogP contribution is 2.38. The van der Waals surface area contributed by atoms with E-state index in [2.05, 4.69) is 9.30 Å². The number of ether oxygens (including phenoxy) is 2. The first-order chi connectivity index (χ1) is 12.4. The van der Waals surface area contributed by atoms with Gasteiger partial charge in [0.25, 0.3) is 0 Å². The number of hydrogen-bond acceptors (Lipinski definition) is 5. The third-order valence-corrected chi connectivity index (χ3v) is 4.57. The number of methoxy groups -OCH3 is 1. The molecule has 1 aliphatic carbocycles. The number of aryl methyl sites for hydroxylation is 1. The molecule has 0 radical (unpaired) electrons. The minimum atomic E-state index is -0.606. The summed E-state index contributed by atoms with van der Waals surface area (Å²) >= 11 is 0. The van der Waals surface area contributed by atoms with E-state index in [0.29, 0.717) is 17.2 Å². The molecule has 1 aromatic carbocycles. The van der Waals surface area contributed by atoms with Gasteiger partial charge in [0.1, 0.15) is 0 Å². The lowest BCUT2D eigenvalue weighted by atomic mass is 10.1. The minimum absolute atomic E-state index is 0.218. The molecule has 0 spiro atoms. The number of Topliss-reactive ketones (excluding diaryl/α,β-unsaturated/α-hetero) is 1. The predicted molar refractivity (Wildman–Crippen MR) is 94.6 cm³/mol. The van der Waals surface area contributed by atoms with Crippen molar-refractivity contribution in [2.24, 2.45) is 0 Å². The molecule has 0 atom stereocenters. The summed E-state index contributed by atoms with van der Waals surface area (Å²) in [5, 5.41) is 0. The van der Waals surface area contributed by atoms with Crippen LogP contribution in [-0.4, -0.2) is 36.0 Å². The summed E-state index contributed by atoms with van der Waals surface area (Å²) in [6.45, 7) is 3.59. The van der Waals surface area contributed by atoms with Gasteiger partial charge in [0.15, 0.2) is 6.61 Å². The van der Waals surface area contributed by atoms with Crippen molar-refractivity contribution in [2.45, 2.75) is 32.7 Å². The van der Waals surface area contributed by atoms with E-state index in [0.717, 1.165) is 24.2 Å². The molecule has 1 aliphatic rings. The minimum Gasteiger partial charge on any atom is -0.465 e. The van der Waals surface area contributed by atoms with E-state index >= 15 is 0 Å². The van der Waals surface area contributed by atoms with Crippen molar-refractivity contribution < 1.29 is 23.9 Å². The molecule has 6 nitrogen and oxygen atoms in total. The summed E-state index contributed by atoms with van der Waals surface area (Å²) in [5.74, 6) is -1.30. The van der Waals surface area contributed by atoms with Crippen molar-refractivity contribution in [3.8, 4) is 0 Å². The van der Waals surface area contributed by atoms with E-state index in [1.165, 1.54) is 31.4 Å². The van der Waals surface area contributed by atoms with Crippen molar-refractivity contribution in [2.75, 3.05) is 13.7 Å². The van der Waals surface area contributed by atoms with Crippen LogP contribution in [0.4, 0.5) is 0 Å². The largest absolute Gasteiger partial charge is 0.465 e. The standard InChI is InChI=1S/C20H21NO5/c1-12-10-17(13(2)21(12)16-8-9-16)18(22)11-26-20(24)15-6-4-14(5-7-15)19(23)25-3/h4-7,10,16H,8-9,11H2,1-3H3. The average molecular weight is 355 g/mol. The molecule has 1 aromatic heterocycles. The van der Waals surface area contributed by atoms with Crippen LogP contribution in [0.3, 0.4) is 0 Å². The molecule has 0 N–H and O–H groups in total. The highest BCUT2D eigenvalue weighted by Gasteiger charge is 2.28. The maximum Gasteiger partial charge on any atom is 0.338 e. The Kier molecular flexibility index (Phi) is 4.93. The fourth-order valence-electron chi connectivity index (χ4n) is 3.11. The number of rotatable bonds is 6. The fraction of sp³-hybridized carbons (Fsp3) is 0.350. The molecule has 6 heteroatoms. The van der Waals surface area contributed by atoms with Crippen molar-refractivity contribution in [3.63, 3.8) is 0 Å². The Morgan fingerprint density at radius 3 is 2.15 bits per heavy atom. The van der Waals surface area contributed by atoms with Crippen molar-refractivity contribution >= 4 is 17.7 Å². The van der Waals surface area contributed by atoms with Gasteiger partial charge in [-0.3, -0.25) is 4.79 Å². The zero-order chi connectivity index (χ0) is 18.8. The van der Waals surface area contributed by atoms with Crippen LogP contribution in [0.15, 0.2) is 30.3 Å². The van der Waals surface area contributed by atoms with Gasteiger partial charge < -0.3 is 14.0 Å². The van der Waals surface area contributed by atoms with Gasteiger partial charge in [-0.25, -0.2) is 9.59 Å². The van der Waals surface area contributed by atoms with Gasteiger partial charge in [-0.2, -0.15) is 0 Å². The zero-order valence-electron chi connectivity index (χ0n) is 15.1. The maximum absolute atomic E-state index is 12.4. The second-order valence-corrected chi connectivity index (χ2v) is 6.45. The summed E-state index contributed by atoms with van der Waals surface area (Å²) in [6, 6.07) is 8.25. The molecule has 136 valence electrons. The van der Waals surface area contributed by atoms with Crippen molar-refractivity contribution in [1.29, 1.82) is 0 Å². The third-order valence-electron chi connectivity index (χ3n) is 4.57. The summed E-state index contributed by atoms with van der Waals surface area (Å²) in [7, 11) is 1.29. The average Bonchev–Trinajstić information content (AvgIpc) is 3.43. The second-order valence-electron chi connectivity index (χ2n) is 6.45. The second kappa shape index (κ2) is 7.15. The van der Waals surface area contributed by atoms with Crippen LogP contribution in [0.1, 0.15) is 61.3 Å². The van der Waals surface area contributed by atoms with Crippen LogP contribution in [0.25, 0.3) is 0 Å². The van der Waals surface area contributed by atoms with E-state index in [9.17, 15) is 14.4 Å². The molecule has 1 saturated carbocycles. The van der Waals surface area contributed by atoms with E-state index < -0.39 is 11.9 Å². The molecule has 0 aliphatic heterocycles. The molecule has 0 saturated heterocycles. The highest BCUT2D eigenvalue weighted by molar-refractivity contribution is 6.00. The number of carbonyl (C=O) groups is 3. The Hall–Kier alpha value is -2.89. The SMILES string of the molecule is COC(=O)c1ccc(C(=O)OCC(=O)c2cc(C)n(C3CC3)c2C)cc1. The Morgan fingerprint density at radius 2 is 1.62 bits per heavy atom. The number of carbonyl (C=O) groups excluding carboxylic acids is 3. The first-order valence-corrected chi connectivity index (χ1v) is 8.49. The first kappa shape index (κ1) is 17.9. The molecule has 0 unspecified atom stereocenters. The van der Waals surface area contributed by atoms with Crippen molar-refractivity contribution in [3.05, 3.63) is 58.4 Å². The van der Waals surface area contributed by atoms with E-state index in [1.54, 1.807) is 0 Å². The van der Waals surface area contributed by atoms with Crippen LogP contribution in [0.5, 0.6) is 0 Å². The number of hydrogen-bond donors (Lipinski definition) is 0. The van der Waals surface area contributed by atoms with Crippen LogP contribution >= 0.6 is 0 Å². The smallest absolute Gasteiger partial charge is 0.338 e. The van der Waals surface area contributed by atoms with Crippen LogP contribution < -0.4 is 0 Å². The Morgan fingerprint density at radius 1 is 1.04 bits per heavy atom. The van der Waals surface area contributed by atoms with E-state index in [4.69, 9.17) is 4.74 Å². The van der Waals surface area contributed by atoms with Gasteiger partial charge in [0, 0.05) is 23.0 Å². The summed E-state index contributed by atoms with van der Waals surface area (Å²) in [5.41, 5.74) is 3.19. The van der Waals surface area contributed by atoms with Crippen LogP contribution in [-0.2, 0) is 9.47 Å². The Bertz CT molecular complexity index is 859. The molecule has 1 fully saturated rings. The number of esters is 2. The summed E-state index contributed by atoms with van der Waals surface area (Å²) in [4.78, 5) is 35.9. The van der Waals surface area contributed by atoms with Gasteiger partial charge in [-0.15, -0.1) is 0 Å². The molecule has 0 amide bonds. The number of ketones is 1. The molecular formula is C20H21NO5. The molecule has 2 aromatic rings. The maximum atomic E-state index is 12.4. The van der Waals surface area contributed by atoms with E-state index in [-0.39, 0.29) is 18.0 Å². The van der Waals surface area contributed by atoms with E-state index in [1.807, 2.05) is 19.9 Å². The fourth-order valence-corrected chi connectivity index (χ4v) is 3.11. The van der Waals surface area contributed by atoms with Gasteiger partial charge in [-0.1, -0.05) is 0 Å². The highest BCUT2D eigenvalue weighted by atomic mass is 16.5. The molecule has 1 heterocycles. The van der Waals surface area contributed by atoms with Gasteiger partial charge in [0.05, 0.1) is 18.2 Å². The quantitative estimate of drug-likeness (QED) is 0.587. The van der Waals surface area contributed by atoms with Crippen molar-refractivity contribution in [1.82, 2.24) is 4.57 Å². The Labute approximate surface area is 151 Å². The monoisotopic (exact) mass is 355 g/mol. The summed E-state index contributed by atoms with van der Waals surface area (Å²) in [6.07, 6.45) is 2.28. The predicted octanol–water partition coefficient (Wildman–Crippen LogP) is 3.27. The van der Waals surface area contributed by atoms with Crippen LogP contribution in [0, 0.1) is 13.8 Å². The first-order valence-electron chi connectivity index (χ1n) is 8.49. The molecular weight excluding hydrogens is 334 g/mol. The lowest BCUT2D eigenvalue weighted by Gasteiger charge is -2.08. The molecule has 0 bridgehead atoms. The zero-order valence-corrected chi connectivity index (χ0v) is 15.1. The van der Waals surface area contributed by atoms with Gasteiger partial charge in [0.2, 0.25) is 5.78 Å². The van der Waals surface area contributed by atoms with Gasteiger partial charge in [-0.05, 0) is 57.0 Å².